The summed E-state index contributed by atoms with van der Waals surface area (Å²) in [7, 11) is 0. The maximum Gasteiger partial charge on any atom is 0.234 e. The van der Waals surface area contributed by atoms with Crippen LogP contribution in [0.1, 0.15) is 18.5 Å². The molecular formula is C17H22N4OS2. The molecule has 0 radical (unpaired) electrons. The molecule has 0 aromatic carbocycles. The van der Waals surface area contributed by atoms with E-state index in [9.17, 15) is 4.79 Å². The Labute approximate surface area is 150 Å². The van der Waals surface area contributed by atoms with Crippen molar-refractivity contribution in [3.8, 4) is 9.88 Å². The molecule has 2 fully saturated rings. The Hall–Kier alpha value is -1.28. The van der Waals surface area contributed by atoms with Crippen molar-refractivity contribution in [2.75, 3.05) is 32.7 Å². The van der Waals surface area contributed by atoms with Crippen LogP contribution in [-0.4, -0.2) is 59.5 Å². The molecule has 0 bridgehead atoms. The highest BCUT2D eigenvalue weighted by molar-refractivity contribution is 7.20. The van der Waals surface area contributed by atoms with Crippen LogP contribution >= 0.6 is 22.7 Å². The van der Waals surface area contributed by atoms with Crippen molar-refractivity contribution < 1.29 is 4.79 Å². The molecule has 2 aliphatic rings. The highest BCUT2D eigenvalue weighted by atomic mass is 32.1. The first-order valence-corrected chi connectivity index (χ1v) is 10.2. The molecule has 0 atom stereocenters. The van der Waals surface area contributed by atoms with Gasteiger partial charge in [0.2, 0.25) is 5.91 Å². The van der Waals surface area contributed by atoms with E-state index in [1.165, 1.54) is 4.88 Å². The monoisotopic (exact) mass is 362 g/mol. The number of thiazole rings is 1. The maximum absolute atomic E-state index is 11.9. The number of rotatable bonds is 6. The molecule has 1 saturated carbocycles. The molecule has 1 aliphatic heterocycles. The minimum Gasteiger partial charge on any atom is -0.352 e. The van der Waals surface area contributed by atoms with E-state index in [1.54, 1.807) is 22.7 Å². The standard InChI is InChI=1S/C17H22N4OS2/c22-16(18-13-3-4-13)11-21-7-5-20(6-8-21)10-14-12-24-17(19-14)15-2-1-9-23-15/h1-2,9,12-13H,3-8,10-11H2,(H,18,22). The van der Waals surface area contributed by atoms with Crippen LogP contribution in [0.15, 0.2) is 22.9 Å². The van der Waals surface area contributed by atoms with E-state index in [4.69, 9.17) is 4.98 Å². The quantitative estimate of drug-likeness (QED) is 0.856. The van der Waals surface area contributed by atoms with E-state index < -0.39 is 0 Å². The van der Waals surface area contributed by atoms with Crippen LogP contribution in [0.2, 0.25) is 0 Å². The lowest BCUT2D eigenvalue weighted by Gasteiger charge is -2.33. The van der Waals surface area contributed by atoms with Crippen molar-refractivity contribution in [2.24, 2.45) is 0 Å². The van der Waals surface area contributed by atoms with E-state index in [2.05, 4.69) is 38.0 Å². The summed E-state index contributed by atoms with van der Waals surface area (Å²) in [4.78, 5) is 22.6. The third-order valence-corrected chi connectivity index (χ3v) is 6.37. The molecule has 4 rings (SSSR count). The van der Waals surface area contributed by atoms with Gasteiger partial charge >= 0.3 is 0 Å². The molecule has 24 heavy (non-hydrogen) atoms. The van der Waals surface area contributed by atoms with Crippen LogP contribution in [0.3, 0.4) is 0 Å². The normalized spacial score (nSPS) is 19.5. The molecule has 1 N–H and O–H groups in total. The Morgan fingerprint density at radius 3 is 2.71 bits per heavy atom. The van der Waals surface area contributed by atoms with Crippen molar-refractivity contribution in [3.05, 3.63) is 28.6 Å². The van der Waals surface area contributed by atoms with Gasteiger partial charge in [-0.05, 0) is 24.3 Å². The van der Waals surface area contributed by atoms with Gasteiger partial charge in [0.1, 0.15) is 5.01 Å². The second-order valence-electron chi connectivity index (χ2n) is 6.52. The number of carbonyl (C=O) groups excluding carboxylic acids is 1. The molecule has 3 heterocycles. The molecule has 2 aromatic heterocycles. The second kappa shape index (κ2) is 7.31. The van der Waals surface area contributed by atoms with E-state index >= 15 is 0 Å². The molecular weight excluding hydrogens is 340 g/mol. The molecule has 7 heteroatoms. The average molecular weight is 363 g/mol. The fourth-order valence-electron chi connectivity index (χ4n) is 2.93. The summed E-state index contributed by atoms with van der Waals surface area (Å²) >= 11 is 3.47. The lowest BCUT2D eigenvalue weighted by Crippen LogP contribution is -2.49. The predicted octanol–water partition coefficient (Wildman–Crippen LogP) is 2.27. The minimum atomic E-state index is 0.186. The Balaban J connectivity index is 1.23. The maximum atomic E-state index is 11.9. The van der Waals surface area contributed by atoms with Crippen LogP contribution in [0, 0.1) is 0 Å². The third-order valence-electron chi connectivity index (χ3n) is 4.44. The lowest BCUT2D eigenvalue weighted by molar-refractivity contribution is -0.122. The van der Waals surface area contributed by atoms with E-state index in [1.807, 2.05) is 0 Å². The molecule has 0 spiro atoms. The number of aromatic nitrogens is 1. The van der Waals surface area contributed by atoms with E-state index in [0.717, 1.165) is 56.3 Å². The van der Waals surface area contributed by atoms with E-state index in [-0.39, 0.29) is 5.91 Å². The SMILES string of the molecule is O=C(CN1CCN(Cc2csc(-c3cccs3)n2)CC1)NC1CC1. The van der Waals surface area contributed by atoms with Crippen LogP contribution < -0.4 is 5.32 Å². The first-order chi connectivity index (χ1) is 11.8. The minimum absolute atomic E-state index is 0.186. The summed E-state index contributed by atoms with van der Waals surface area (Å²) in [5.41, 5.74) is 1.16. The number of hydrogen-bond donors (Lipinski definition) is 1. The van der Waals surface area contributed by atoms with Crippen molar-refractivity contribution in [2.45, 2.75) is 25.4 Å². The largest absolute Gasteiger partial charge is 0.352 e. The van der Waals surface area contributed by atoms with Crippen LogP contribution in [0.4, 0.5) is 0 Å². The van der Waals surface area contributed by atoms with E-state index in [0.29, 0.717) is 12.6 Å². The zero-order chi connectivity index (χ0) is 16.4. The Kier molecular flexibility index (Phi) is 4.93. The number of piperazine rings is 1. The summed E-state index contributed by atoms with van der Waals surface area (Å²) in [5, 5.41) is 8.45. The van der Waals surface area contributed by atoms with Gasteiger partial charge in [-0.25, -0.2) is 4.98 Å². The van der Waals surface area contributed by atoms with Gasteiger partial charge in [0.25, 0.3) is 0 Å². The number of thiophene rings is 1. The molecule has 128 valence electrons. The lowest BCUT2D eigenvalue weighted by atomic mass is 10.3. The summed E-state index contributed by atoms with van der Waals surface area (Å²) in [6, 6.07) is 4.65. The number of hydrogen-bond acceptors (Lipinski definition) is 6. The summed E-state index contributed by atoms with van der Waals surface area (Å²) < 4.78 is 0. The van der Waals surface area contributed by atoms with Crippen LogP contribution in [-0.2, 0) is 11.3 Å². The first kappa shape index (κ1) is 16.2. The van der Waals surface area contributed by atoms with Gasteiger partial charge in [-0.15, -0.1) is 22.7 Å². The fourth-order valence-corrected chi connectivity index (χ4v) is 4.56. The number of carbonyl (C=O) groups is 1. The summed E-state index contributed by atoms with van der Waals surface area (Å²) in [5.74, 6) is 0.186. The molecule has 1 saturated heterocycles. The van der Waals surface area contributed by atoms with Crippen molar-refractivity contribution in [3.63, 3.8) is 0 Å². The third kappa shape index (κ3) is 4.22. The Bertz CT molecular complexity index is 673. The number of nitrogens with zero attached hydrogens (tertiary/aromatic N) is 3. The predicted molar refractivity (Wildman–Crippen MR) is 98.3 cm³/mol. The Morgan fingerprint density at radius 1 is 1.21 bits per heavy atom. The molecule has 2 aromatic rings. The first-order valence-electron chi connectivity index (χ1n) is 8.48. The molecule has 5 nitrogen and oxygen atoms in total. The number of amides is 1. The van der Waals surface area contributed by atoms with Gasteiger partial charge in [0.15, 0.2) is 0 Å². The second-order valence-corrected chi connectivity index (χ2v) is 8.32. The summed E-state index contributed by atoms with van der Waals surface area (Å²) in [6.45, 7) is 5.37. The van der Waals surface area contributed by atoms with Crippen LogP contribution in [0.5, 0.6) is 0 Å². The topological polar surface area (TPSA) is 48.5 Å². The molecule has 1 aliphatic carbocycles. The van der Waals surface area contributed by atoms with Crippen LogP contribution in [0.25, 0.3) is 9.88 Å². The molecule has 1 amide bonds. The van der Waals surface area contributed by atoms with Gasteiger partial charge in [0, 0.05) is 44.1 Å². The smallest absolute Gasteiger partial charge is 0.234 e. The highest BCUT2D eigenvalue weighted by Gasteiger charge is 2.25. The van der Waals surface area contributed by atoms with Gasteiger partial charge < -0.3 is 5.32 Å². The van der Waals surface area contributed by atoms with Gasteiger partial charge in [0.05, 0.1) is 17.1 Å². The average Bonchev–Trinajstić information content (AvgIpc) is 3.04. The Morgan fingerprint density at radius 2 is 2.00 bits per heavy atom. The van der Waals surface area contributed by atoms with Crippen molar-refractivity contribution >= 4 is 28.6 Å². The zero-order valence-electron chi connectivity index (χ0n) is 13.6. The zero-order valence-corrected chi connectivity index (χ0v) is 15.2. The fraction of sp³-hybridized carbons (Fsp3) is 0.529. The van der Waals surface area contributed by atoms with Gasteiger partial charge in [-0.1, -0.05) is 6.07 Å². The highest BCUT2D eigenvalue weighted by Crippen LogP contribution is 2.28. The van der Waals surface area contributed by atoms with Gasteiger partial charge in [-0.2, -0.15) is 0 Å². The van der Waals surface area contributed by atoms with Crippen molar-refractivity contribution in [1.82, 2.24) is 20.1 Å². The number of nitrogens with one attached hydrogen (secondary N) is 1. The van der Waals surface area contributed by atoms with Gasteiger partial charge in [-0.3, -0.25) is 14.6 Å². The molecule has 0 unspecified atom stereocenters. The summed E-state index contributed by atoms with van der Waals surface area (Å²) in [6.07, 6.45) is 2.31. The van der Waals surface area contributed by atoms with Crippen molar-refractivity contribution in [1.29, 1.82) is 0 Å².